The highest BCUT2D eigenvalue weighted by atomic mass is 79.9. The molecule has 1 aliphatic rings. The van der Waals surface area contributed by atoms with Gasteiger partial charge in [-0.15, -0.1) is 0 Å². The first-order chi connectivity index (χ1) is 9.23. The van der Waals surface area contributed by atoms with Crippen LogP contribution in [-0.4, -0.2) is 37.4 Å². The van der Waals surface area contributed by atoms with Gasteiger partial charge >= 0.3 is 5.97 Å². The topological polar surface area (TPSA) is 74.7 Å². The number of carboxylic acid groups (broad SMARTS) is 1. The number of carbonyl (C=O) groups is 1. The number of rotatable bonds is 5. The summed E-state index contributed by atoms with van der Waals surface area (Å²) in [5.41, 5.74) is 0.0503. The summed E-state index contributed by atoms with van der Waals surface area (Å²) < 4.78 is 26.5. The molecule has 7 heteroatoms. The van der Waals surface area contributed by atoms with Crippen LogP contribution < -0.4 is 0 Å². The normalized spacial score (nSPS) is 22.0. The molecule has 0 radical (unpaired) electrons. The fraction of sp³-hybridized carbons (Fsp3) is 0.462. The Bertz CT molecular complexity index is 644. The summed E-state index contributed by atoms with van der Waals surface area (Å²) in [7, 11) is -2.04. The Kier molecular flexibility index (Phi) is 4.22. The summed E-state index contributed by atoms with van der Waals surface area (Å²) in [6.45, 7) is 2.60. The molecule has 0 aromatic heterocycles. The lowest BCUT2D eigenvalue weighted by molar-refractivity contribution is 0.0696. The van der Waals surface area contributed by atoms with E-state index in [-0.39, 0.29) is 14.9 Å². The van der Waals surface area contributed by atoms with E-state index in [0.717, 1.165) is 6.42 Å². The zero-order chi connectivity index (χ0) is 15.1. The van der Waals surface area contributed by atoms with Gasteiger partial charge in [-0.25, -0.2) is 17.5 Å². The van der Waals surface area contributed by atoms with Crippen LogP contribution in [-0.2, 0) is 10.0 Å². The van der Waals surface area contributed by atoms with Crippen LogP contribution in [0.15, 0.2) is 27.6 Å². The van der Waals surface area contributed by atoms with Crippen molar-refractivity contribution in [1.82, 2.24) is 4.31 Å². The molecule has 2 unspecified atom stereocenters. The van der Waals surface area contributed by atoms with Crippen LogP contribution in [0.2, 0.25) is 0 Å². The van der Waals surface area contributed by atoms with E-state index in [1.54, 1.807) is 7.05 Å². The Morgan fingerprint density at radius 3 is 2.55 bits per heavy atom. The summed E-state index contributed by atoms with van der Waals surface area (Å²) in [5.74, 6) is -0.0906. The van der Waals surface area contributed by atoms with Gasteiger partial charge in [-0.05, 0) is 52.4 Å². The smallest absolute Gasteiger partial charge is 0.335 e. The van der Waals surface area contributed by atoms with Crippen LogP contribution in [0.4, 0.5) is 0 Å². The summed E-state index contributed by atoms with van der Waals surface area (Å²) in [6.07, 6.45) is 1.05. The molecular formula is C13H16BrNO4S. The van der Waals surface area contributed by atoms with Gasteiger partial charge in [0.15, 0.2) is 0 Å². The monoisotopic (exact) mass is 361 g/mol. The number of aromatic carboxylic acids is 1. The average Bonchev–Trinajstić information content (AvgIpc) is 3.04. The van der Waals surface area contributed by atoms with Gasteiger partial charge in [-0.2, -0.15) is 0 Å². The Morgan fingerprint density at radius 2 is 2.10 bits per heavy atom. The second-order valence-electron chi connectivity index (χ2n) is 5.21. The Morgan fingerprint density at radius 1 is 1.50 bits per heavy atom. The Labute approximate surface area is 126 Å². The molecule has 0 saturated heterocycles. The number of carboxylic acids is 1. The second-order valence-corrected chi connectivity index (χ2v) is 8.08. The molecule has 0 heterocycles. The highest BCUT2D eigenvalue weighted by Crippen LogP contribution is 2.39. The second kappa shape index (κ2) is 5.46. The molecule has 0 aliphatic heterocycles. The van der Waals surface area contributed by atoms with Crippen molar-refractivity contribution in [2.24, 2.45) is 11.8 Å². The molecule has 1 aromatic carbocycles. The number of hydrogen-bond donors (Lipinski definition) is 1. The first kappa shape index (κ1) is 15.5. The van der Waals surface area contributed by atoms with E-state index in [9.17, 15) is 13.2 Å². The minimum Gasteiger partial charge on any atom is -0.478 e. The molecule has 0 spiro atoms. The third kappa shape index (κ3) is 3.05. The molecule has 1 aliphatic carbocycles. The van der Waals surface area contributed by atoms with Crippen molar-refractivity contribution in [2.45, 2.75) is 18.2 Å². The molecule has 1 fully saturated rings. The van der Waals surface area contributed by atoms with E-state index in [0.29, 0.717) is 18.4 Å². The quantitative estimate of drug-likeness (QED) is 0.873. The van der Waals surface area contributed by atoms with Crippen LogP contribution in [0, 0.1) is 11.8 Å². The number of nitrogens with zero attached hydrogens (tertiary/aromatic N) is 1. The van der Waals surface area contributed by atoms with Gasteiger partial charge in [-0.1, -0.05) is 6.92 Å². The fourth-order valence-corrected chi connectivity index (χ4v) is 4.35. The van der Waals surface area contributed by atoms with Crippen molar-refractivity contribution >= 4 is 31.9 Å². The van der Waals surface area contributed by atoms with Crippen molar-refractivity contribution in [3.8, 4) is 0 Å². The minimum atomic E-state index is -3.60. The molecular weight excluding hydrogens is 346 g/mol. The molecule has 2 rings (SSSR count). The van der Waals surface area contributed by atoms with Gasteiger partial charge in [0.05, 0.1) is 10.5 Å². The molecule has 0 amide bonds. The zero-order valence-electron chi connectivity index (χ0n) is 11.2. The lowest BCUT2D eigenvalue weighted by Crippen LogP contribution is -2.29. The number of halogens is 1. The van der Waals surface area contributed by atoms with Crippen LogP contribution in [0.3, 0.4) is 0 Å². The largest absolute Gasteiger partial charge is 0.478 e. The molecule has 1 saturated carbocycles. The summed E-state index contributed by atoms with van der Waals surface area (Å²) in [6, 6.07) is 3.94. The van der Waals surface area contributed by atoms with Crippen LogP contribution in [0.1, 0.15) is 23.7 Å². The van der Waals surface area contributed by atoms with Gasteiger partial charge in [0.1, 0.15) is 0 Å². The lowest BCUT2D eigenvalue weighted by atomic mass is 10.2. The number of hydrogen-bond acceptors (Lipinski definition) is 3. The van der Waals surface area contributed by atoms with Crippen molar-refractivity contribution in [3.63, 3.8) is 0 Å². The van der Waals surface area contributed by atoms with Crippen LogP contribution >= 0.6 is 15.9 Å². The average molecular weight is 362 g/mol. The fourth-order valence-electron chi connectivity index (χ4n) is 2.09. The Hall–Kier alpha value is -0.920. The van der Waals surface area contributed by atoms with Crippen molar-refractivity contribution in [1.29, 1.82) is 0 Å². The van der Waals surface area contributed by atoms with Crippen LogP contribution in [0.5, 0.6) is 0 Å². The predicted octanol–water partition coefficient (Wildman–Crippen LogP) is 2.42. The molecule has 1 aromatic rings. The first-order valence-electron chi connectivity index (χ1n) is 6.22. The Balaban J connectivity index is 2.27. The predicted molar refractivity (Wildman–Crippen MR) is 78.2 cm³/mol. The molecule has 20 heavy (non-hydrogen) atoms. The number of benzene rings is 1. The van der Waals surface area contributed by atoms with E-state index in [1.165, 1.54) is 22.5 Å². The SMILES string of the molecule is CC1CC1CN(C)S(=O)(=O)c1ccc(C(=O)O)cc1Br. The maximum absolute atomic E-state index is 12.5. The van der Waals surface area contributed by atoms with Gasteiger partial charge < -0.3 is 5.11 Å². The van der Waals surface area contributed by atoms with Gasteiger partial charge in [0.2, 0.25) is 10.0 Å². The molecule has 5 nitrogen and oxygen atoms in total. The van der Waals surface area contributed by atoms with Gasteiger partial charge in [0.25, 0.3) is 0 Å². The van der Waals surface area contributed by atoms with E-state index in [1.807, 2.05) is 0 Å². The van der Waals surface area contributed by atoms with Gasteiger partial charge in [-0.3, -0.25) is 0 Å². The summed E-state index contributed by atoms with van der Waals surface area (Å²) in [4.78, 5) is 11.0. The van der Waals surface area contributed by atoms with E-state index in [4.69, 9.17) is 5.11 Å². The molecule has 1 N–H and O–H groups in total. The lowest BCUT2D eigenvalue weighted by Gasteiger charge is -2.18. The third-order valence-electron chi connectivity index (χ3n) is 3.63. The maximum atomic E-state index is 12.5. The molecule has 110 valence electrons. The highest BCUT2D eigenvalue weighted by molar-refractivity contribution is 9.10. The zero-order valence-corrected chi connectivity index (χ0v) is 13.6. The van der Waals surface area contributed by atoms with Crippen LogP contribution in [0.25, 0.3) is 0 Å². The number of sulfonamides is 1. The van der Waals surface area contributed by atoms with Gasteiger partial charge in [0, 0.05) is 18.1 Å². The summed E-state index contributed by atoms with van der Waals surface area (Å²) >= 11 is 3.14. The highest BCUT2D eigenvalue weighted by Gasteiger charge is 2.36. The van der Waals surface area contributed by atoms with E-state index < -0.39 is 16.0 Å². The first-order valence-corrected chi connectivity index (χ1v) is 8.46. The maximum Gasteiger partial charge on any atom is 0.335 e. The summed E-state index contributed by atoms with van der Waals surface area (Å²) in [5, 5.41) is 8.89. The van der Waals surface area contributed by atoms with E-state index >= 15 is 0 Å². The van der Waals surface area contributed by atoms with Crippen molar-refractivity contribution in [2.75, 3.05) is 13.6 Å². The van der Waals surface area contributed by atoms with E-state index in [2.05, 4.69) is 22.9 Å². The van der Waals surface area contributed by atoms with Crippen molar-refractivity contribution < 1.29 is 18.3 Å². The molecule has 0 bridgehead atoms. The third-order valence-corrected chi connectivity index (χ3v) is 6.43. The van der Waals surface area contributed by atoms with Crippen molar-refractivity contribution in [3.05, 3.63) is 28.2 Å². The standard InChI is InChI=1S/C13H16BrNO4S/c1-8-5-10(8)7-15(2)20(18,19)12-4-3-9(13(16)17)6-11(12)14/h3-4,6,8,10H,5,7H2,1-2H3,(H,16,17). The molecule has 2 atom stereocenters. The minimum absolute atomic E-state index is 0.0503.